The van der Waals surface area contributed by atoms with Gasteiger partial charge in [-0.15, -0.1) is 0 Å². The second kappa shape index (κ2) is 5.28. The fourth-order valence-corrected chi connectivity index (χ4v) is 2.52. The molecule has 6 nitrogen and oxygen atoms in total. The Morgan fingerprint density at radius 2 is 2.21 bits per heavy atom. The summed E-state index contributed by atoms with van der Waals surface area (Å²) >= 11 is 0. The number of rotatable bonds is 5. The molecule has 0 aromatic carbocycles. The smallest absolute Gasteiger partial charge is 0.306 e. The van der Waals surface area contributed by atoms with E-state index in [1.807, 2.05) is 7.05 Å². The predicted octanol–water partition coefficient (Wildman–Crippen LogP) is 1.47. The molecule has 0 bridgehead atoms. The van der Waals surface area contributed by atoms with E-state index in [0.29, 0.717) is 24.7 Å². The van der Waals surface area contributed by atoms with Crippen LogP contribution in [-0.2, 0) is 16.1 Å². The molecule has 2 fully saturated rings. The van der Waals surface area contributed by atoms with Gasteiger partial charge in [-0.05, 0) is 26.3 Å². The molecule has 2 heterocycles. The lowest BCUT2D eigenvalue weighted by Gasteiger charge is -2.20. The molecule has 2 aliphatic rings. The highest BCUT2D eigenvalue weighted by molar-refractivity contribution is 5.71. The number of carbonyl (C=O) groups is 1. The van der Waals surface area contributed by atoms with Gasteiger partial charge in [-0.1, -0.05) is 11.6 Å². The summed E-state index contributed by atoms with van der Waals surface area (Å²) < 4.78 is 10.5. The molecule has 1 saturated carbocycles. The first-order valence-electron chi connectivity index (χ1n) is 6.91. The van der Waals surface area contributed by atoms with Crippen LogP contribution in [0.15, 0.2) is 4.52 Å². The fourth-order valence-electron chi connectivity index (χ4n) is 2.52. The zero-order chi connectivity index (χ0) is 13.2. The molecule has 0 unspecified atom stereocenters. The van der Waals surface area contributed by atoms with E-state index in [1.54, 1.807) is 0 Å². The summed E-state index contributed by atoms with van der Waals surface area (Å²) in [6.45, 7) is 1.35. The minimum atomic E-state index is -0.0924. The summed E-state index contributed by atoms with van der Waals surface area (Å²) in [5.74, 6) is 1.88. The molecule has 0 amide bonds. The number of ether oxygens (including phenoxy) is 1. The first-order chi connectivity index (χ1) is 9.20. The molecule has 0 N–H and O–H groups in total. The van der Waals surface area contributed by atoms with Gasteiger partial charge in [0.1, 0.15) is 6.10 Å². The van der Waals surface area contributed by atoms with E-state index >= 15 is 0 Å². The Kier molecular flexibility index (Phi) is 3.50. The van der Waals surface area contributed by atoms with Gasteiger partial charge in [0, 0.05) is 18.9 Å². The van der Waals surface area contributed by atoms with Gasteiger partial charge in [0.2, 0.25) is 5.89 Å². The molecule has 1 aromatic rings. The Bertz CT molecular complexity index is 456. The zero-order valence-electron chi connectivity index (χ0n) is 11.2. The molecule has 0 radical (unpaired) electrons. The normalized spacial score (nSPS) is 23.7. The number of likely N-dealkylation sites (N-methyl/N-ethyl adjacent to an activating group) is 1. The third kappa shape index (κ3) is 2.94. The monoisotopic (exact) mass is 265 g/mol. The third-order valence-corrected chi connectivity index (χ3v) is 3.83. The first kappa shape index (κ1) is 12.6. The molecule has 6 heteroatoms. The molecule has 19 heavy (non-hydrogen) atoms. The van der Waals surface area contributed by atoms with Crippen molar-refractivity contribution in [3.63, 3.8) is 0 Å². The lowest BCUT2D eigenvalue weighted by molar-refractivity contribution is -0.141. The summed E-state index contributed by atoms with van der Waals surface area (Å²) in [4.78, 5) is 17.5. The van der Waals surface area contributed by atoms with E-state index in [9.17, 15) is 4.79 Å². The van der Waals surface area contributed by atoms with Gasteiger partial charge in [0.25, 0.3) is 0 Å². The van der Waals surface area contributed by atoms with Crippen LogP contribution in [0.1, 0.15) is 49.7 Å². The molecule has 1 aliphatic carbocycles. The number of cyclic esters (lactones) is 1. The summed E-state index contributed by atoms with van der Waals surface area (Å²) in [6.07, 6.45) is 4.94. The van der Waals surface area contributed by atoms with Gasteiger partial charge < -0.3 is 9.26 Å². The Morgan fingerprint density at radius 1 is 1.37 bits per heavy atom. The Balaban J connectivity index is 1.49. The molecule has 0 spiro atoms. The van der Waals surface area contributed by atoms with Gasteiger partial charge in [-0.25, -0.2) is 0 Å². The van der Waals surface area contributed by atoms with Crippen molar-refractivity contribution in [2.45, 2.75) is 50.7 Å². The number of carbonyl (C=O) groups excluding carboxylic acids is 1. The highest BCUT2D eigenvalue weighted by Crippen LogP contribution is 2.35. The van der Waals surface area contributed by atoms with Crippen LogP contribution in [0.3, 0.4) is 0 Å². The lowest BCUT2D eigenvalue weighted by Crippen LogP contribution is -2.29. The molecule has 1 aliphatic heterocycles. The fraction of sp³-hybridized carbons (Fsp3) is 0.769. The standard InChI is InChI=1S/C13H19N3O3/c1-16(7-10-5-6-12(17)18-10)8-11-14-13(19-15-11)9-3-2-4-9/h9-10H,2-8H2,1H3/t10-/m0/s1. The largest absolute Gasteiger partial charge is 0.461 e. The average Bonchev–Trinajstić information content (AvgIpc) is 2.86. The summed E-state index contributed by atoms with van der Waals surface area (Å²) in [7, 11) is 1.98. The molecule has 104 valence electrons. The van der Waals surface area contributed by atoms with Crippen LogP contribution in [0.4, 0.5) is 0 Å². The highest BCUT2D eigenvalue weighted by atomic mass is 16.5. The molecular weight excluding hydrogens is 246 g/mol. The van der Waals surface area contributed by atoms with Gasteiger partial charge in [0.05, 0.1) is 6.54 Å². The van der Waals surface area contributed by atoms with Gasteiger partial charge >= 0.3 is 5.97 Å². The van der Waals surface area contributed by atoms with E-state index in [0.717, 1.165) is 31.7 Å². The Morgan fingerprint density at radius 3 is 2.84 bits per heavy atom. The van der Waals surface area contributed by atoms with E-state index in [4.69, 9.17) is 9.26 Å². The molecule has 3 rings (SSSR count). The van der Waals surface area contributed by atoms with Crippen LogP contribution in [0.5, 0.6) is 0 Å². The van der Waals surface area contributed by atoms with Crippen molar-refractivity contribution in [3.05, 3.63) is 11.7 Å². The van der Waals surface area contributed by atoms with Crippen molar-refractivity contribution in [1.82, 2.24) is 15.0 Å². The van der Waals surface area contributed by atoms with Crippen LogP contribution >= 0.6 is 0 Å². The maximum Gasteiger partial charge on any atom is 0.306 e. The molecule has 1 aromatic heterocycles. The second-order valence-corrected chi connectivity index (χ2v) is 5.52. The predicted molar refractivity (Wildman–Crippen MR) is 66.3 cm³/mol. The SMILES string of the molecule is CN(Cc1noc(C2CCC2)n1)C[C@@H]1CCC(=O)O1. The highest BCUT2D eigenvalue weighted by Gasteiger charge is 2.27. The Hall–Kier alpha value is -1.43. The maximum absolute atomic E-state index is 11.0. The average molecular weight is 265 g/mol. The number of hydrogen-bond donors (Lipinski definition) is 0. The third-order valence-electron chi connectivity index (χ3n) is 3.83. The summed E-state index contributed by atoms with van der Waals surface area (Å²) in [5, 5.41) is 4.01. The van der Waals surface area contributed by atoms with Crippen LogP contribution in [0.25, 0.3) is 0 Å². The van der Waals surface area contributed by atoms with Crippen LogP contribution < -0.4 is 0 Å². The van der Waals surface area contributed by atoms with Crippen molar-refractivity contribution < 1.29 is 14.1 Å². The number of hydrogen-bond acceptors (Lipinski definition) is 6. The molecule has 1 saturated heterocycles. The minimum absolute atomic E-state index is 0.00973. The summed E-state index contributed by atoms with van der Waals surface area (Å²) in [6, 6.07) is 0. The lowest BCUT2D eigenvalue weighted by atomic mass is 9.85. The quantitative estimate of drug-likeness (QED) is 0.751. The van der Waals surface area contributed by atoms with Crippen LogP contribution in [0.2, 0.25) is 0 Å². The maximum atomic E-state index is 11.0. The minimum Gasteiger partial charge on any atom is -0.461 e. The second-order valence-electron chi connectivity index (χ2n) is 5.52. The van der Waals surface area contributed by atoms with E-state index in [-0.39, 0.29) is 12.1 Å². The van der Waals surface area contributed by atoms with E-state index in [1.165, 1.54) is 6.42 Å². The van der Waals surface area contributed by atoms with Crippen molar-refractivity contribution >= 4 is 5.97 Å². The van der Waals surface area contributed by atoms with Crippen LogP contribution in [0, 0.1) is 0 Å². The van der Waals surface area contributed by atoms with Gasteiger partial charge in [-0.2, -0.15) is 4.98 Å². The van der Waals surface area contributed by atoms with Crippen molar-refractivity contribution in [1.29, 1.82) is 0 Å². The Labute approximate surface area is 112 Å². The topological polar surface area (TPSA) is 68.5 Å². The molecular formula is C13H19N3O3. The number of aromatic nitrogens is 2. The zero-order valence-corrected chi connectivity index (χ0v) is 11.2. The van der Waals surface area contributed by atoms with Gasteiger partial charge in [0.15, 0.2) is 5.82 Å². The van der Waals surface area contributed by atoms with Crippen molar-refractivity contribution in [3.8, 4) is 0 Å². The van der Waals surface area contributed by atoms with Crippen molar-refractivity contribution in [2.75, 3.05) is 13.6 Å². The van der Waals surface area contributed by atoms with Gasteiger partial charge in [-0.3, -0.25) is 9.69 Å². The van der Waals surface area contributed by atoms with E-state index in [2.05, 4.69) is 15.0 Å². The van der Waals surface area contributed by atoms with Crippen LogP contribution in [-0.4, -0.2) is 40.7 Å². The first-order valence-corrected chi connectivity index (χ1v) is 6.91. The number of esters is 1. The number of nitrogens with zero attached hydrogens (tertiary/aromatic N) is 3. The van der Waals surface area contributed by atoms with E-state index < -0.39 is 0 Å². The summed E-state index contributed by atoms with van der Waals surface area (Å²) in [5.41, 5.74) is 0. The molecule has 1 atom stereocenters. The van der Waals surface area contributed by atoms with Crippen molar-refractivity contribution in [2.24, 2.45) is 0 Å².